The number of hydrogen-bond acceptors (Lipinski definition) is 3. The molecule has 0 aliphatic rings. The zero-order chi connectivity index (χ0) is 12.8. The number of nitrogens with two attached hydrogens (primary N) is 1. The fraction of sp³-hybridized carbons (Fsp3) is 0.462. The highest BCUT2D eigenvalue weighted by molar-refractivity contribution is 7.99. The van der Waals surface area contributed by atoms with Crippen LogP contribution in [0.2, 0.25) is 0 Å². The lowest BCUT2D eigenvalue weighted by Gasteiger charge is -2.09. The molecule has 0 fully saturated rings. The van der Waals surface area contributed by atoms with Crippen molar-refractivity contribution in [3.63, 3.8) is 0 Å². The lowest BCUT2D eigenvalue weighted by atomic mass is 10.2. The summed E-state index contributed by atoms with van der Waals surface area (Å²) in [6.07, 6.45) is 0. The van der Waals surface area contributed by atoms with Crippen LogP contribution < -0.4 is 11.1 Å². The molecular weight excluding hydrogens is 232 g/mol. The number of carbonyl (C=O) groups is 1. The van der Waals surface area contributed by atoms with Gasteiger partial charge in [0.15, 0.2) is 0 Å². The average Bonchev–Trinajstić information content (AvgIpc) is 2.21. The number of rotatable bonds is 5. The Hall–Kier alpha value is -1.16. The summed E-state index contributed by atoms with van der Waals surface area (Å²) >= 11 is 1.66. The minimum Gasteiger partial charge on any atom is -0.399 e. The summed E-state index contributed by atoms with van der Waals surface area (Å²) in [6, 6.07) is 5.50. The molecule has 0 saturated heterocycles. The van der Waals surface area contributed by atoms with E-state index in [9.17, 15) is 4.79 Å². The highest BCUT2D eigenvalue weighted by Crippen LogP contribution is 2.18. The maximum Gasteiger partial charge on any atom is 0.234 e. The smallest absolute Gasteiger partial charge is 0.234 e. The van der Waals surface area contributed by atoms with Crippen molar-refractivity contribution in [2.24, 2.45) is 5.92 Å². The molecule has 1 aromatic rings. The molecule has 1 rings (SSSR count). The van der Waals surface area contributed by atoms with E-state index in [1.54, 1.807) is 17.8 Å². The van der Waals surface area contributed by atoms with Crippen LogP contribution in [0.25, 0.3) is 0 Å². The Morgan fingerprint density at radius 3 is 2.76 bits per heavy atom. The highest BCUT2D eigenvalue weighted by atomic mass is 32.2. The van der Waals surface area contributed by atoms with Gasteiger partial charge in [-0.2, -0.15) is 11.8 Å². The van der Waals surface area contributed by atoms with Crippen LogP contribution in [0, 0.1) is 12.8 Å². The molecule has 1 amide bonds. The topological polar surface area (TPSA) is 55.1 Å². The van der Waals surface area contributed by atoms with E-state index in [0.717, 1.165) is 22.7 Å². The molecule has 0 unspecified atom stereocenters. The molecule has 0 atom stereocenters. The first kappa shape index (κ1) is 13.9. The molecule has 3 nitrogen and oxygen atoms in total. The molecule has 1 aromatic carbocycles. The van der Waals surface area contributed by atoms with Crippen molar-refractivity contribution in [2.75, 3.05) is 22.6 Å². The highest BCUT2D eigenvalue weighted by Gasteiger charge is 2.05. The first-order valence-corrected chi connectivity index (χ1v) is 6.88. The Labute approximate surface area is 107 Å². The SMILES string of the molecule is Cc1cc(N)ccc1NC(=O)CSCC(C)C. The summed E-state index contributed by atoms with van der Waals surface area (Å²) in [7, 11) is 0. The van der Waals surface area contributed by atoms with Gasteiger partial charge < -0.3 is 11.1 Å². The zero-order valence-electron chi connectivity index (χ0n) is 10.6. The minimum atomic E-state index is 0.0449. The molecule has 94 valence electrons. The third-order valence-corrected chi connectivity index (χ3v) is 3.58. The van der Waals surface area contributed by atoms with Crippen LogP contribution in [-0.2, 0) is 4.79 Å². The minimum absolute atomic E-state index is 0.0449. The Balaban J connectivity index is 2.45. The second-order valence-corrected chi connectivity index (χ2v) is 5.56. The van der Waals surface area contributed by atoms with Gasteiger partial charge in [-0.15, -0.1) is 0 Å². The summed E-state index contributed by atoms with van der Waals surface area (Å²) in [5.41, 5.74) is 8.21. The van der Waals surface area contributed by atoms with Gasteiger partial charge in [-0.3, -0.25) is 4.79 Å². The van der Waals surface area contributed by atoms with Crippen molar-refractivity contribution >= 4 is 29.0 Å². The Kier molecular flexibility index (Phi) is 5.35. The number of nitrogen functional groups attached to an aromatic ring is 1. The van der Waals surface area contributed by atoms with Crippen molar-refractivity contribution in [2.45, 2.75) is 20.8 Å². The van der Waals surface area contributed by atoms with Gasteiger partial charge in [0.2, 0.25) is 5.91 Å². The van der Waals surface area contributed by atoms with E-state index in [1.165, 1.54) is 0 Å². The second kappa shape index (κ2) is 6.55. The van der Waals surface area contributed by atoms with E-state index in [1.807, 2.05) is 19.1 Å². The quantitative estimate of drug-likeness (QED) is 0.792. The Morgan fingerprint density at radius 1 is 1.47 bits per heavy atom. The number of carbonyl (C=O) groups excluding carboxylic acids is 1. The summed E-state index contributed by atoms with van der Waals surface area (Å²) < 4.78 is 0. The predicted octanol–water partition coefficient (Wildman–Crippen LogP) is 2.90. The normalized spacial score (nSPS) is 10.6. The second-order valence-electron chi connectivity index (χ2n) is 4.53. The van der Waals surface area contributed by atoms with Crippen molar-refractivity contribution in [3.8, 4) is 0 Å². The van der Waals surface area contributed by atoms with Crippen LogP contribution in [0.5, 0.6) is 0 Å². The molecular formula is C13H20N2OS. The van der Waals surface area contributed by atoms with Gasteiger partial charge in [0.1, 0.15) is 0 Å². The van der Waals surface area contributed by atoms with Crippen LogP contribution in [0.1, 0.15) is 19.4 Å². The Bertz CT molecular complexity index is 391. The van der Waals surface area contributed by atoms with Crippen molar-refractivity contribution < 1.29 is 4.79 Å². The van der Waals surface area contributed by atoms with E-state index in [0.29, 0.717) is 11.7 Å². The monoisotopic (exact) mass is 252 g/mol. The third-order valence-electron chi connectivity index (χ3n) is 2.21. The van der Waals surface area contributed by atoms with Crippen molar-refractivity contribution in [1.82, 2.24) is 0 Å². The van der Waals surface area contributed by atoms with Gasteiger partial charge in [-0.25, -0.2) is 0 Å². The number of amides is 1. The molecule has 4 heteroatoms. The summed E-state index contributed by atoms with van der Waals surface area (Å²) in [4.78, 5) is 11.7. The fourth-order valence-corrected chi connectivity index (χ4v) is 2.25. The largest absolute Gasteiger partial charge is 0.399 e. The van der Waals surface area contributed by atoms with Crippen LogP contribution in [0.4, 0.5) is 11.4 Å². The number of hydrogen-bond donors (Lipinski definition) is 2. The molecule has 0 spiro atoms. The molecule has 0 aliphatic heterocycles. The lowest BCUT2D eigenvalue weighted by Crippen LogP contribution is -2.15. The zero-order valence-corrected chi connectivity index (χ0v) is 11.4. The van der Waals surface area contributed by atoms with Crippen LogP contribution in [0.3, 0.4) is 0 Å². The third kappa shape index (κ3) is 5.13. The first-order valence-electron chi connectivity index (χ1n) is 5.72. The summed E-state index contributed by atoms with van der Waals surface area (Å²) in [5.74, 6) is 2.17. The maximum absolute atomic E-state index is 11.7. The van der Waals surface area contributed by atoms with Crippen molar-refractivity contribution in [3.05, 3.63) is 23.8 Å². The average molecular weight is 252 g/mol. The number of aryl methyl sites for hydroxylation is 1. The number of anilines is 2. The number of benzene rings is 1. The van der Waals surface area contributed by atoms with E-state index in [-0.39, 0.29) is 5.91 Å². The molecule has 0 saturated carbocycles. The predicted molar refractivity (Wildman–Crippen MR) is 76.4 cm³/mol. The van der Waals surface area contributed by atoms with E-state index >= 15 is 0 Å². The standard InChI is InChI=1S/C13H20N2OS/c1-9(2)7-17-8-13(16)15-12-5-4-11(14)6-10(12)3/h4-6,9H,7-8,14H2,1-3H3,(H,15,16). The summed E-state index contributed by atoms with van der Waals surface area (Å²) in [5, 5.41) is 2.90. The summed E-state index contributed by atoms with van der Waals surface area (Å²) in [6.45, 7) is 6.23. The molecule has 0 bridgehead atoms. The molecule has 3 N–H and O–H groups in total. The lowest BCUT2D eigenvalue weighted by molar-refractivity contribution is -0.113. The molecule has 17 heavy (non-hydrogen) atoms. The van der Waals surface area contributed by atoms with Crippen LogP contribution in [0.15, 0.2) is 18.2 Å². The molecule has 0 heterocycles. The molecule has 0 aromatic heterocycles. The van der Waals surface area contributed by atoms with E-state index in [4.69, 9.17) is 5.73 Å². The molecule has 0 radical (unpaired) electrons. The fourth-order valence-electron chi connectivity index (χ4n) is 1.40. The molecule has 0 aliphatic carbocycles. The van der Waals surface area contributed by atoms with Crippen LogP contribution in [-0.4, -0.2) is 17.4 Å². The first-order chi connectivity index (χ1) is 7.99. The van der Waals surface area contributed by atoms with Gasteiger partial charge in [0.25, 0.3) is 0 Å². The maximum atomic E-state index is 11.7. The number of thioether (sulfide) groups is 1. The van der Waals surface area contributed by atoms with Gasteiger partial charge in [-0.1, -0.05) is 13.8 Å². The number of nitrogens with one attached hydrogen (secondary N) is 1. The van der Waals surface area contributed by atoms with E-state index < -0.39 is 0 Å². The van der Waals surface area contributed by atoms with Gasteiger partial charge >= 0.3 is 0 Å². The Morgan fingerprint density at radius 2 is 2.18 bits per heavy atom. The van der Waals surface area contributed by atoms with Gasteiger partial charge in [-0.05, 0) is 42.4 Å². The van der Waals surface area contributed by atoms with Crippen molar-refractivity contribution in [1.29, 1.82) is 0 Å². The van der Waals surface area contributed by atoms with E-state index in [2.05, 4.69) is 19.2 Å². The van der Waals surface area contributed by atoms with Gasteiger partial charge in [0, 0.05) is 11.4 Å². The van der Waals surface area contributed by atoms with Gasteiger partial charge in [0.05, 0.1) is 5.75 Å². The van der Waals surface area contributed by atoms with Crippen LogP contribution >= 0.6 is 11.8 Å².